The van der Waals surface area contributed by atoms with Crippen LogP contribution in [0, 0.1) is 11.8 Å². The third kappa shape index (κ3) is 3.44. The molecule has 1 aliphatic heterocycles. The molecule has 17 heavy (non-hydrogen) atoms. The van der Waals surface area contributed by atoms with Gasteiger partial charge in [0.2, 0.25) is 5.91 Å². The van der Waals surface area contributed by atoms with Gasteiger partial charge < -0.3 is 10.0 Å². The van der Waals surface area contributed by atoms with Crippen LogP contribution < -0.4 is 0 Å². The minimum atomic E-state index is 0.281. The van der Waals surface area contributed by atoms with Gasteiger partial charge in [-0.15, -0.1) is 0 Å². The Balaban J connectivity index is 1.77. The third-order valence-corrected chi connectivity index (χ3v) is 4.40. The summed E-state index contributed by atoms with van der Waals surface area (Å²) in [6.45, 7) is 2.26. The molecule has 98 valence electrons. The first-order chi connectivity index (χ1) is 8.31. The smallest absolute Gasteiger partial charge is 0.225 e. The van der Waals surface area contributed by atoms with Crippen LogP contribution in [0.5, 0.6) is 0 Å². The Morgan fingerprint density at radius 1 is 1.06 bits per heavy atom. The highest BCUT2D eigenvalue weighted by Gasteiger charge is 2.29. The fraction of sp³-hybridized carbons (Fsp3) is 0.929. The standard InChI is InChI=1S/C14H25NO2/c16-11-8-12-4-6-13(7-5-12)14(17)15-9-2-1-3-10-15/h12-13,16H,1-11H2. The van der Waals surface area contributed by atoms with Gasteiger partial charge in [-0.25, -0.2) is 0 Å². The fourth-order valence-corrected chi connectivity index (χ4v) is 3.25. The Kier molecular flexibility index (Phi) is 4.84. The van der Waals surface area contributed by atoms with E-state index in [2.05, 4.69) is 4.90 Å². The molecule has 0 atom stereocenters. The minimum absolute atomic E-state index is 0.281. The van der Waals surface area contributed by atoms with E-state index in [-0.39, 0.29) is 5.92 Å². The Hall–Kier alpha value is -0.570. The first-order valence-electron chi connectivity index (χ1n) is 7.21. The first kappa shape index (κ1) is 12.9. The summed E-state index contributed by atoms with van der Waals surface area (Å²) in [7, 11) is 0. The second-order valence-electron chi connectivity index (χ2n) is 5.62. The van der Waals surface area contributed by atoms with Crippen molar-refractivity contribution in [3.05, 3.63) is 0 Å². The maximum Gasteiger partial charge on any atom is 0.225 e. The van der Waals surface area contributed by atoms with Gasteiger partial charge in [-0.05, 0) is 57.3 Å². The second-order valence-corrected chi connectivity index (χ2v) is 5.62. The Labute approximate surface area is 104 Å². The summed E-state index contributed by atoms with van der Waals surface area (Å²) in [5.74, 6) is 1.35. The molecule has 1 N–H and O–H groups in total. The average molecular weight is 239 g/mol. The molecule has 2 aliphatic rings. The zero-order valence-electron chi connectivity index (χ0n) is 10.7. The molecule has 2 rings (SSSR count). The van der Waals surface area contributed by atoms with Crippen molar-refractivity contribution in [3.8, 4) is 0 Å². The highest BCUT2D eigenvalue weighted by atomic mass is 16.3. The zero-order valence-corrected chi connectivity index (χ0v) is 10.7. The van der Waals surface area contributed by atoms with Gasteiger partial charge in [-0.1, -0.05) is 0 Å². The lowest BCUT2D eigenvalue weighted by atomic mass is 9.80. The van der Waals surface area contributed by atoms with Gasteiger partial charge in [-0.3, -0.25) is 4.79 Å². The normalized spacial score (nSPS) is 30.3. The summed E-state index contributed by atoms with van der Waals surface area (Å²) in [5.41, 5.74) is 0. The number of amides is 1. The van der Waals surface area contributed by atoms with Gasteiger partial charge in [0.15, 0.2) is 0 Å². The van der Waals surface area contributed by atoms with Crippen LogP contribution in [0.2, 0.25) is 0 Å². The summed E-state index contributed by atoms with van der Waals surface area (Å²) in [6, 6.07) is 0. The maximum atomic E-state index is 12.3. The van der Waals surface area contributed by atoms with E-state index in [1.165, 1.54) is 19.3 Å². The third-order valence-electron chi connectivity index (χ3n) is 4.40. The van der Waals surface area contributed by atoms with Crippen molar-refractivity contribution < 1.29 is 9.90 Å². The van der Waals surface area contributed by atoms with Crippen molar-refractivity contribution in [1.29, 1.82) is 0 Å². The number of nitrogens with zero attached hydrogens (tertiary/aromatic N) is 1. The molecule has 3 heteroatoms. The highest BCUT2D eigenvalue weighted by Crippen LogP contribution is 2.32. The summed E-state index contributed by atoms with van der Waals surface area (Å²) < 4.78 is 0. The predicted molar refractivity (Wildman–Crippen MR) is 67.6 cm³/mol. The van der Waals surface area contributed by atoms with Crippen LogP contribution in [0.15, 0.2) is 0 Å². The van der Waals surface area contributed by atoms with Crippen molar-refractivity contribution >= 4 is 5.91 Å². The molecule has 1 heterocycles. The van der Waals surface area contributed by atoms with E-state index in [1.807, 2.05) is 0 Å². The highest BCUT2D eigenvalue weighted by molar-refractivity contribution is 5.79. The van der Waals surface area contributed by atoms with Gasteiger partial charge >= 0.3 is 0 Å². The lowest BCUT2D eigenvalue weighted by Gasteiger charge is -2.33. The minimum Gasteiger partial charge on any atom is -0.396 e. The second kappa shape index (κ2) is 6.39. The molecule has 0 spiro atoms. The maximum absolute atomic E-state index is 12.3. The molecule has 1 saturated heterocycles. The molecular formula is C14H25NO2. The molecule has 0 bridgehead atoms. The molecule has 0 aromatic rings. The van der Waals surface area contributed by atoms with Crippen molar-refractivity contribution in [3.63, 3.8) is 0 Å². The lowest BCUT2D eigenvalue weighted by Crippen LogP contribution is -2.40. The number of aliphatic hydroxyl groups excluding tert-OH is 1. The molecule has 0 aromatic carbocycles. The van der Waals surface area contributed by atoms with E-state index in [9.17, 15) is 4.79 Å². The van der Waals surface area contributed by atoms with E-state index in [0.717, 1.165) is 45.2 Å². The average Bonchev–Trinajstić information content (AvgIpc) is 2.40. The molecule has 1 amide bonds. The van der Waals surface area contributed by atoms with Crippen molar-refractivity contribution in [1.82, 2.24) is 4.90 Å². The quantitative estimate of drug-likeness (QED) is 0.820. The molecule has 2 fully saturated rings. The van der Waals surface area contributed by atoms with Crippen molar-refractivity contribution in [2.45, 2.75) is 51.4 Å². The molecule has 0 unspecified atom stereocenters. The van der Waals surface area contributed by atoms with E-state index < -0.39 is 0 Å². The Morgan fingerprint density at radius 3 is 2.29 bits per heavy atom. The van der Waals surface area contributed by atoms with Gasteiger partial charge in [0.25, 0.3) is 0 Å². The van der Waals surface area contributed by atoms with Crippen LogP contribution in [-0.4, -0.2) is 35.6 Å². The lowest BCUT2D eigenvalue weighted by molar-refractivity contribution is -0.137. The largest absolute Gasteiger partial charge is 0.396 e. The SMILES string of the molecule is O=C(C1CCC(CCO)CC1)N1CCCCC1. The Bertz CT molecular complexity index is 241. The number of piperidine rings is 1. The van der Waals surface area contributed by atoms with Crippen LogP contribution in [0.1, 0.15) is 51.4 Å². The van der Waals surface area contributed by atoms with Gasteiger partial charge in [0, 0.05) is 25.6 Å². The molecule has 3 nitrogen and oxygen atoms in total. The van der Waals surface area contributed by atoms with Crippen LogP contribution >= 0.6 is 0 Å². The number of carbonyl (C=O) groups excluding carboxylic acids is 1. The van der Waals surface area contributed by atoms with Gasteiger partial charge in [0.1, 0.15) is 0 Å². The molecule has 0 aromatic heterocycles. The summed E-state index contributed by atoms with van der Waals surface area (Å²) in [4.78, 5) is 14.4. The predicted octanol–water partition coefficient (Wildman–Crippen LogP) is 2.19. The van der Waals surface area contributed by atoms with Crippen molar-refractivity contribution in [2.75, 3.05) is 19.7 Å². The molecular weight excluding hydrogens is 214 g/mol. The summed E-state index contributed by atoms with van der Waals surface area (Å²) in [5, 5.41) is 8.92. The summed E-state index contributed by atoms with van der Waals surface area (Å²) in [6.07, 6.45) is 8.92. The zero-order chi connectivity index (χ0) is 12.1. The number of rotatable bonds is 3. The van der Waals surface area contributed by atoms with E-state index in [4.69, 9.17) is 5.11 Å². The number of likely N-dealkylation sites (tertiary alicyclic amines) is 1. The van der Waals surface area contributed by atoms with Crippen LogP contribution in [0.4, 0.5) is 0 Å². The van der Waals surface area contributed by atoms with Crippen LogP contribution in [0.25, 0.3) is 0 Å². The molecule has 1 aliphatic carbocycles. The first-order valence-corrected chi connectivity index (χ1v) is 7.21. The number of aliphatic hydroxyl groups is 1. The van der Waals surface area contributed by atoms with Crippen molar-refractivity contribution in [2.24, 2.45) is 11.8 Å². The number of carbonyl (C=O) groups is 1. The van der Waals surface area contributed by atoms with E-state index in [0.29, 0.717) is 18.4 Å². The summed E-state index contributed by atoms with van der Waals surface area (Å²) >= 11 is 0. The Morgan fingerprint density at radius 2 is 1.71 bits per heavy atom. The molecule has 1 saturated carbocycles. The van der Waals surface area contributed by atoms with E-state index in [1.54, 1.807) is 0 Å². The topological polar surface area (TPSA) is 40.5 Å². The molecule has 0 radical (unpaired) electrons. The van der Waals surface area contributed by atoms with Gasteiger partial charge in [-0.2, -0.15) is 0 Å². The fourth-order valence-electron chi connectivity index (χ4n) is 3.25. The van der Waals surface area contributed by atoms with Crippen LogP contribution in [-0.2, 0) is 4.79 Å². The van der Waals surface area contributed by atoms with E-state index >= 15 is 0 Å². The monoisotopic (exact) mass is 239 g/mol. The van der Waals surface area contributed by atoms with Gasteiger partial charge in [0.05, 0.1) is 0 Å². The van der Waals surface area contributed by atoms with Crippen LogP contribution in [0.3, 0.4) is 0 Å². The number of hydrogen-bond acceptors (Lipinski definition) is 2. The number of hydrogen-bond donors (Lipinski definition) is 1.